The van der Waals surface area contributed by atoms with Crippen LogP contribution in [-0.4, -0.2) is 43.3 Å². The smallest absolute Gasteiger partial charge is 0.356 e. The van der Waals surface area contributed by atoms with E-state index in [4.69, 9.17) is 9.84 Å². The second-order valence-corrected chi connectivity index (χ2v) is 6.61. The number of nitrogens with one attached hydrogen (secondary N) is 1. The highest BCUT2D eigenvalue weighted by atomic mass is 79.9. The largest absolute Gasteiger partial charge is 0.461 e. The van der Waals surface area contributed by atoms with Gasteiger partial charge < -0.3 is 14.4 Å². The number of aliphatic hydroxyl groups is 1. The van der Waals surface area contributed by atoms with E-state index in [0.29, 0.717) is 0 Å². The SMILES string of the molecule is C=CC(CO)NS(=O)(=O)c1cn(C)c(C(=O)OCC)c1Br. The summed E-state index contributed by atoms with van der Waals surface area (Å²) in [6.07, 6.45) is 2.57. The Morgan fingerprint density at radius 2 is 2.29 bits per heavy atom. The normalized spacial score (nSPS) is 13.0. The van der Waals surface area contributed by atoms with Crippen molar-refractivity contribution < 1.29 is 23.1 Å². The lowest BCUT2D eigenvalue weighted by atomic mass is 10.3. The molecule has 0 aliphatic carbocycles. The Morgan fingerprint density at radius 3 is 2.76 bits per heavy atom. The van der Waals surface area contributed by atoms with E-state index in [0.717, 1.165) is 0 Å². The van der Waals surface area contributed by atoms with Gasteiger partial charge in [-0.1, -0.05) is 6.08 Å². The summed E-state index contributed by atoms with van der Waals surface area (Å²) < 4.78 is 33.1. The number of ether oxygens (including phenoxy) is 1. The Kier molecular flexibility index (Phi) is 6.14. The predicted molar refractivity (Wildman–Crippen MR) is 80.5 cm³/mol. The molecule has 0 spiro atoms. The Bertz CT molecular complexity index is 638. The minimum absolute atomic E-state index is 0.0939. The zero-order valence-electron chi connectivity index (χ0n) is 11.7. The second-order valence-electron chi connectivity index (χ2n) is 4.13. The van der Waals surface area contributed by atoms with E-state index in [1.807, 2.05) is 0 Å². The van der Waals surface area contributed by atoms with Crippen molar-refractivity contribution >= 4 is 31.9 Å². The van der Waals surface area contributed by atoms with Crippen LogP contribution in [0.2, 0.25) is 0 Å². The van der Waals surface area contributed by atoms with Gasteiger partial charge in [0.2, 0.25) is 10.0 Å². The highest BCUT2D eigenvalue weighted by molar-refractivity contribution is 9.10. The number of esters is 1. The van der Waals surface area contributed by atoms with Crippen molar-refractivity contribution in [2.75, 3.05) is 13.2 Å². The number of aryl methyl sites for hydroxylation is 1. The molecule has 0 saturated carbocycles. The number of halogens is 1. The summed E-state index contributed by atoms with van der Waals surface area (Å²) in [5, 5.41) is 9.03. The molecule has 118 valence electrons. The fourth-order valence-electron chi connectivity index (χ4n) is 1.61. The third kappa shape index (κ3) is 3.94. The third-order valence-electron chi connectivity index (χ3n) is 2.63. The number of aliphatic hydroxyl groups excluding tert-OH is 1. The molecule has 0 bridgehead atoms. The van der Waals surface area contributed by atoms with Crippen molar-refractivity contribution in [1.29, 1.82) is 0 Å². The first-order chi connectivity index (χ1) is 9.78. The molecule has 1 aromatic heterocycles. The lowest BCUT2D eigenvalue weighted by Crippen LogP contribution is -2.35. The highest BCUT2D eigenvalue weighted by Gasteiger charge is 2.28. The van der Waals surface area contributed by atoms with Gasteiger partial charge in [0.05, 0.1) is 23.7 Å². The van der Waals surface area contributed by atoms with Gasteiger partial charge in [-0.15, -0.1) is 6.58 Å². The number of rotatable bonds is 7. The van der Waals surface area contributed by atoms with Crippen LogP contribution in [0.15, 0.2) is 28.2 Å². The fourth-order valence-corrected chi connectivity index (χ4v) is 4.12. The lowest BCUT2D eigenvalue weighted by Gasteiger charge is -2.11. The molecule has 21 heavy (non-hydrogen) atoms. The van der Waals surface area contributed by atoms with E-state index in [1.165, 1.54) is 23.9 Å². The monoisotopic (exact) mass is 380 g/mol. The van der Waals surface area contributed by atoms with E-state index in [9.17, 15) is 13.2 Å². The number of sulfonamides is 1. The summed E-state index contributed by atoms with van der Waals surface area (Å²) >= 11 is 3.11. The van der Waals surface area contributed by atoms with Gasteiger partial charge in [-0.05, 0) is 22.9 Å². The zero-order chi connectivity index (χ0) is 16.2. The molecule has 0 fully saturated rings. The van der Waals surface area contributed by atoms with E-state index in [2.05, 4.69) is 27.2 Å². The molecule has 0 amide bonds. The number of hydrogen-bond acceptors (Lipinski definition) is 5. The van der Waals surface area contributed by atoms with Gasteiger partial charge in [-0.25, -0.2) is 17.9 Å². The zero-order valence-corrected chi connectivity index (χ0v) is 14.1. The van der Waals surface area contributed by atoms with Gasteiger partial charge in [0.25, 0.3) is 0 Å². The minimum Gasteiger partial charge on any atom is -0.461 e. The summed E-state index contributed by atoms with van der Waals surface area (Å²) in [4.78, 5) is 11.7. The molecule has 1 rings (SSSR count). The summed E-state index contributed by atoms with van der Waals surface area (Å²) in [6, 6.07) is -0.812. The molecule has 0 radical (unpaired) electrons. The Morgan fingerprint density at radius 1 is 1.67 bits per heavy atom. The van der Waals surface area contributed by atoms with Gasteiger partial charge >= 0.3 is 5.97 Å². The molecule has 0 aliphatic rings. The summed E-state index contributed by atoms with van der Waals surface area (Å²) in [5.74, 6) is -0.629. The number of aromatic nitrogens is 1. The van der Waals surface area contributed by atoms with Crippen LogP contribution in [0.25, 0.3) is 0 Å². The van der Waals surface area contributed by atoms with Gasteiger partial charge in [-0.3, -0.25) is 0 Å². The van der Waals surface area contributed by atoms with E-state index >= 15 is 0 Å². The van der Waals surface area contributed by atoms with Gasteiger partial charge in [0.15, 0.2) is 0 Å². The summed E-state index contributed by atoms with van der Waals surface area (Å²) in [6.45, 7) is 4.85. The first kappa shape index (κ1) is 17.9. The van der Waals surface area contributed by atoms with E-state index in [1.54, 1.807) is 6.92 Å². The van der Waals surface area contributed by atoms with Crippen LogP contribution in [0.4, 0.5) is 0 Å². The van der Waals surface area contributed by atoms with Crippen molar-refractivity contribution in [3.8, 4) is 0 Å². The molecule has 0 aromatic carbocycles. The van der Waals surface area contributed by atoms with Crippen LogP contribution in [0.5, 0.6) is 0 Å². The predicted octanol–water partition coefficient (Wildman–Crippen LogP) is 0.789. The maximum Gasteiger partial charge on any atom is 0.356 e. The minimum atomic E-state index is -3.92. The molecule has 1 heterocycles. The molecule has 0 saturated heterocycles. The lowest BCUT2D eigenvalue weighted by molar-refractivity contribution is 0.0514. The average molecular weight is 381 g/mol. The van der Waals surface area contributed by atoms with Gasteiger partial charge in [0, 0.05) is 13.2 Å². The van der Waals surface area contributed by atoms with Crippen LogP contribution >= 0.6 is 15.9 Å². The van der Waals surface area contributed by atoms with Crippen LogP contribution in [0, 0.1) is 0 Å². The second kappa shape index (κ2) is 7.21. The number of hydrogen-bond donors (Lipinski definition) is 2. The summed E-state index contributed by atoms with van der Waals surface area (Å²) in [7, 11) is -2.39. The molecule has 1 unspecified atom stereocenters. The van der Waals surface area contributed by atoms with E-state index < -0.39 is 28.6 Å². The third-order valence-corrected chi connectivity index (χ3v) is 5.20. The molecular formula is C12H17BrN2O5S. The molecule has 1 aromatic rings. The first-order valence-electron chi connectivity index (χ1n) is 6.06. The topological polar surface area (TPSA) is 97.6 Å². The maximum atomic E-state index is 12.3. The van der Waals surface area contributed by atoms with Gasteiger partial charge in [-0.2, -0.15) is 0 Å². The molecular weight excluding hydrogens is 364 g/mol. The number of carbonyl (C=O) groups is 1. The summed E-state index contributed by atoms with van der Waals surface area (Å²) in [5.41, 5.74) is 0.0939. The average Bonchev–Trinajstić information content (AvgIpc) is 2.72. The van der Waals surface area contributed by atoms with E-state index in [-0.39, 0.29) is 21.7 Å². The highest BCUT2D eigenvalue weighted by Crippen LogP contribution is 2.28. The van der Waals surface area contributed by atoms with Crippen molar-refractivity contribution in [3.63, 3.8) is 0 Å². The van der Waals surface area contributed by atoms with Crippen molar-refractivity contribution in [2.24, 2.45) is 7.05 Å². The standard InChI is InChI=1S/C12H17BrN2O5S/c1-4-8(7-16)14-21(18,19)9-6-15(3)11(10(9)13)12(17)20-5-2/h4,6,8,14,16H,1,5,7H2,2-3H3. The molecule has 2 N–H and O–H groups in total. The van der Waals surface area contributed by atoms with Gasteiger partial charge in [0.1, 0.15) is 10.6 Å². The Labute approximate surface area is 131 Å². The van der Waals surface area contributed by atoms with Crippen molar-refractivity contribution in [1.82, 2.24) is 9.29 Å². The molecule has 1 atom stereocenters. The van der Waals surface area contributed by atoms with Crippen LogP contribution < -0.4 is 4.72 Å². The Hall–Kier alpha value is -1.16. The number of nitrogens with zero attached hydrogens (tertiary/aromatic N) is 1. The molecule has 9 heteroatoms. The van der Waals surface area contributed by atoms with Crippen LogP contribution in [0.3, 0.4) is 0 Å². The van der Waals surface area contributed by atoms with Crippen molar-refractivity contribution in [3.05, 3.63) is 29.0 Å². The Balaban J connectivity index is 3.23. The van der Waals surface area contributed by atoms with Crippen LogP contribution in [-0.2, 0) is 21.8 Å². The first-order valence-corrected chi connectivity index (χ1v) is 8.33. The molecule has 0 aliphatic heterocycles. The number of carbonyl (C=O) groups excluding carboxylic acids is 1. The molecule has 7 nitrogen and oxygen atoms in total. The fraction of sp³-hybridized carbons (Fsp3) is 0.417. The quantitative estimate of drug-likeness (QED) is 0.538. The maximum absolute atomic E-state index is 12.3. The van der Waals surface area contributed by atoms with Crippen molar-refractivity contribution in [2.45, 2.75) is 17.9 Å². The van der Waals surface area contributed by atoms with Crippen LogP contribution in [0.1, 0.15) is 17.4 Å².